The maximum absolute atomic E-state index is 5.29. The molecule has 1 aliphatic heterocycles. The molecule has 0 fully saturated rings. The highest BCUT2D eigenvalue weighted by molar-refractivity contribution is 5.84. The van der Waals surface area contributed by atoms with Gasteiger partial charge in [0, 0.05) is 23.6 Å². The lowest BCUT2D eigenvalue weighted by Gasteiger charge is -2.36. The molecule has 3 unspecified atom stereocenters. The Labute approximate surface area is 308 Å². The highest BCUT2D eigenvalue weighted by Crippen LogP contribution is 2.49. The molecule has 3 aliphatic carbocycles. The minimum absolute atomic E-state index is 0.179. The van der Waals surface area contributed by atoms with Crippen LogP contribution in [0.15, 0.2) is 176 Å². The summed E-state index contributed by atoms with van der Waals surface area (Å²) >= 11 is 0. The van der Waals surface area contributed by atoms with Crippen LogP contribution >= 0.6 is 0 Å². The SMILES string of the molecule is C1#CCC=C(c2ccc3c(c2)C2C=C(c4ccccc4)C=CC2N3C2C=CC=C(c3cc(-c4ccccc4)cc(-c4ccccc4)n3)C2)C=C1.CC. The van der Waals surface area contributed by atoms with Crippen LogP contribution in [0.3, 0.4) is 0 Å². The Morgan fingerprint density at radius 1 is 0.654 bits per heavy atom. The second-order valence-corrected chi connectivity index (χ2v) is 13.3. The summed E-state index contributed by atoms with van der Waals surface area (Å²) in [5.74, 6) is 6.58. The molecular weight excluding hydrogens is 629 g/mol. The molecule has 0 saturated heterocycles. The molecule has 4 aliphatic rings. The standard InChI is InChI=1S/C48H36N2.C2H6/c1-2-7-16-34(15-6-1)38-25-27-47-43(30-38)44-31-39(35-17-8-3-9-18-35)26-28-48(44)50(47)42-24-14-23-40(29-42)46-33-41(36-19-10-4-11-20-36)32-45(49-46)37-21-12-5-13-22-37;1-2/h3-6,8-28,30-33,42,44,48H,7,29H2;1-2H3. The molecule has 0 saturated carbocycles. The Morgan fingerprint density at radius 2 is 1.37 bits per heavy atom. The molecule has 52 heavy (non-hydrogen) atoms. The minimum atomic E-state index is 0.179. The number of hydrogen-bond acceptors (Lipinski definition) is 2. The topological polar surface area (TPSA) is 16.1 Å². The van der Waals surface area contributed by atoms with Crippen LogP contribution in [-0.2, 0) is 0 Å². The maximum atomic E-state index is 5.29. The van der Waals surface area contributed by atoms with Crippen molar-refractivity contribution in [2.75, 3.05) is 4.90 Å². The van der Waals surface area contributed by atoms with Crippen molar-refractivity contribution >= 4 is 22.4 Å². The van der Waals surface area contributed by atoms with Crippen LogP contribution in [0.1, 0.15) is 55.0 Å². The predicted molar refractivity (Wildman–Crippen MR) is 220 cm³/mol. The quantitative estimate of drug-likeness (QED) is 0.167. The summed E-state index contributed by atoms with van der Waals surface area (Å²) in [6, 6.07) is 43.9. The van der Waals surface area contributed by atoms with Gasteiger partial charge in [-0.1, -0.05) is 165 Å². The summed E-state index contributed by atoms with van der Waals surface area (Å²) < 4.78 is 0. The van der Waals surface area contributed by atoms with E-state index in [4.69, 9.17) is 4.98 Å². The maximum Gasteiger partial charge on any atom is 0.0715 e. The lowest BCUT2D eigenvalue weighted by Crippen LogP contribution is -2.41. The monoisotopic (exact) mass is 670 g/mol. The van der Waals surface area contributed by atoms with Gasteiger partial charge in [0.1, 0.15) is 0 Å². The Morgan fingerprint density at radius 3 is 2.13 bits per heavy atom. The zero-order valence-electron chi connectivity index (χ0n) is 29.8. The van der Waals surface area contributed by atoms with Crippen molar-refractivity contribution in [3.05, 3.63) is 198 Å². The summed E-state index contributed by atoms with van der Waals surface area (Å²) in [6.45, 7) is 4.00. The minimum Gasteiger partial charge on any atom is -0.357 e. The largest absolute Gasteiger partial charge is 0.357 e. The number of rotatable bonds is 6. The number of anilines is 1. The summed E-state index contributed by atoms with van der Waals surface area (Å²) in [5, 5.41) is 0. The van der Waals surface area contributed by atoms with Gasteiger partial charge in [-0.25, -0.2) is 4.98 Å². The lowest BCUT2D eigenvalue weighted by atomic mass is 9.85. The van der Waals surface area contributed by atoms with E-state index >= 15 is 0 Å². The summed E-state index contributed by atoms with van der Waals surface area (Å²) in [4.78, 5) is 7.94. The van der Waals surface area contributed by atoms with Gasteiger partial charge in [-0.2, -0.15) is 0 Å². The molecule has 0 radical (unpaired) electrons. The van der Waals surface area contributed by atoms with E-state index in [9.17, 15) is 0 Å². The number of fused-ring (bicyclic) bond motifs is 3. The first kappa shape index (κ1) is 33.0. The van der Waals surface area contributed by atoms with Crippen LogP contribution in [0.4, 0.5) is 5.69 Å². The van der Waals surface area contributed by atoms with Gasteiger partial charge in [0.15, 0.2) is 0 Å². The summed E-state index contributed by atoms with van der Waals surface area (Å²) in [7, 11) is 0. The third-order valence-electron chi connectivity index (χ3n) is 10.2. The third-order valence-corrected chi connectivity index (χ3v) is 10.2. The molecule has 9 rings (SSSR count). The average molecular weight is 671 g/mol. The Kier molecular flexibility index (Phi) is 9.51. The normalized spacial score (nSPS) is 19.5. The first-order valence-corrected chi connectivity index (χ1v) is 18.5. The number of pyridine rings is 1. The number of allylic oxidation sites excluding steroid dienone is 8. The van der Waals surface area contributed by atoms with Crippen molar-refractivity contribution in [3.63, 3.8) is 0 Å². The van der Waals surface area contributed by atoms with E-state index in [1.807, 2.05) is 19.9 Å². The van der Waals surface area contributed by atoms with Gasteiger partial charge in [-0.05, 0) is 87.4 Å². The van der Waals surface area contributed by atoms with E-state index in [1.165, 1.54) is 50.2 Å². The van der Waals surface area contributed by atoms with Gasteiger partial charge in [-0.3, -0.25) is 0 Å². The van der Waals surface area contributed by atoms with Crippen LogP contribution in [0.5, 0.6) is 0 Å². The van der Waals surface area contributed by atoms with E-state index in [1.54, 1.807) is 0 Å². The molecule has 1 aromatic heterocycles. The number of aromatic nitrogens is 1. The second-order valence-electron chi connectivity index (χ2n) is 13.3. The molecule has 2 heteroatoms. The molecule has 5 aromatic rings. The average Bonchev–Trinajstić information content (AvgIpc) is 3.34. The Balaban J connectivity index is 0.00000190. The molecule has 4 aromatic carbocycles. The first-order chi connectivity index (χ1) is 25.8. The van der Waals surface area contributed by atoms with E-state index in [0.717, 1.165) is 29.8 Å². The highest BCUT2D eigenvalue weighted by Gasteiger charge is 2.41. The molecule has 2 heterocycles. The fourth-order valence-corrected chi connectivity index (χ4v) is 7.81. The zero-order chi connectivity index (χ0) is 35.3. The molecule has 252 valence electrons. The van der Waals surface area contributed by atoms with Crippen LogP contribution in [0.2, 0.25) is 0 Å². The fraction of sp³-hybridized carbons (Fsp3) is 0.140. The fourth-order valence-electron chi connectivity index (χ4n) is 7.81. The molecule has 0 bridgehead atoms. The van der Waals surface area contributed by atoms with Gasteiger partial charge in [0.2, 0.25) is 0 Å². The second kappa shape index (κ2) is 15.0. The van der Waals surface area contributed by atoms with Crippen LogP contribution < -0.4 is 4.90 Å². The summed E-state index contributed by atoms with van der Waals surface area (Å²) in [6.07, 6.45) is 22.1. The van der Waals surface area contributed by atoms with Crippen molar-refractivity contribution in [2.24, 2.45) is 0 Å². The van der Waals surface area contributed by atoms with Crippen molar-refractivity contribution < 1.29 is 0 Å². The number of nitrogens with zero attached hydrogens (tertiary/aromatic N) is 2. The molecule has 2 nitrogen and oxygen atoms in total. The summed E-state index contributed by atoms with van der Waals surface area (Å²) in [5.41, 5.74) is 14.5. The number of hydrogen-bond donors (Lipinski definition) is 0. The van der Waals surface area contributed by atoms with E-state index in [0.29, 0.717) is 0 Å². The molecule has 0 amide bonds. The van der Waals surface area contributed by atoms with Gasteiger partial charge in [-0.15, -0.1) is 0 Å². The van der Waals surface area contributed by atoms with Crippen LogP contribution in [0.25, 0.3) is 39.1 Å². The van der Waals surface area contributed by atoms with Crippen LogP contribution in [-0.4, -0.2) is 17.1 Å². The van der Waals surface area contributed by atoms with Crippen molar-refractivity contribution in [1.82, 2.24) is 4.98 Å². The smallest absolute Gasteiger partial charge is 0.0715 e. The van der Waals surface area contributed by atoms with E-state index < -0.39 is 0 Å². The van der Waals surface area contributed by atoms with Crippen molar-refractivity contribution in [1.29, 1.82) is 0 Å². The third kappa shape index (κ3) is 6.55. The van der Waals surface area contributed by atoms with Gasteiger partial charge in [0.05, 0.1) is 23.5 Å². The Hall–Kier alpha value is -6.17. The number of benzene rings is 4. The first-order valence-electron chi connectivity index (χ1n) is 18.5. The zero-order valence-corrected chi connectivity index (χ0v) is 29.8. The van der Waals surface area contributed by atoms with Crippen LogP contribution in [0, 0.1) is 11.8 Å². The molecule has 3 atom stereocenters. The molecule has 0 spiro atoms. The van der Waals surface area contributed by atoms with Crippen molar-refractivity contribution in [3.8, 4) is 34.2 Å². The Bertz CT molecular complexity index is 2270. The van der Waals surface area contributed by atoms with Crippen molar-refractivity contribution in [2.45, 2.75) is 44.7 Å². The molecular formula is C50H42N2. The van der Waals surface area contributed by atoms with E-state index in [-0.39, 0.29) is 18.0 Å². The van der Waals surface area contributed by atoms with Gasteiger partial charge in [0.25, 0.3) is 0 Å². The highest BCUT2D eigenvalue weighted by atomic mass is 15.2. The van der Waals surface area contributed by atoms with Gasteiger partial charge >= 0.3 is 0 Å². The predicted octanol–water partition coefficient (Wildman–Crippen LogP) is 12.1. The lowest BCUT2D eigenvalue weighted by molar-refractivity contribution is 0.618. The van der Waals surface area contributed by atoms with Gasteiger partial charge < -0.3 is 4.90 Å². The van der Waals surface area contributed by atoms with E-state index in [2.05, 4.69) is 187 Å². The molecule has 0 N–H and O–H groups in total.